The standard InChI is InChI=1S/C19H27N3O3S/c1-11(2)18-21-16-5-6-17(22-19(16)26-18)25-10-14-7-15(8-14)24-9-12(3)20-13(4)23/h5-6,11-12,14-15H,7-10H2,1-4H3,(H,20,23)/t12-,14?,15?/m0/s1. The van der Waals surface area contributed by atoms with Crippen molar-refractivity contribution in [2.24, 2.45) is 5.92 Å². The van der Waals surface area contributed by atoms with Crippen LogP contribution in [0.3, 0.4) is 0 Å². The average Bonchev–Trinajstić information content (AvgIpc) is 2.95. The summed E-state index contributed by atoms with van der Waals surface area (Å²) in [5.74, 6) is 1.56. The fourth-order valence-electron chi connectivity index (χ4n) is 2.96. The van der Waals surface area contributed by atoms with E-state index in [1.165, 1.54) is 6.92 Å². The number of rotatable bonds is 8. The zero-order valence-corrected chi connectivity index (χ0v) is 16.6. The predicted molar refractivity (Wildman–Crippen MR) is 103 cm³/mol. The van der Waals surface area contributed by atoms with Crippen molar-refractivity contribution >= 4 is 27.6 Å². The van der Waals surface area contributed by atoms with Crippen LogP contribution in [0.1, 0.15) is 51.5 Å². The molecule has 1 aliphatic carbocycles. The average molecular weight is 378 g/mol. The summed E-state index contributed by atoms with van der Waals surface area (Å²) >= 11 is 1.64. The van der Waals surface area contributed by atoms with Crippen LogP contribution in [0, 0.1) is 5.92 Å². The van der Waals surface area contributed by atoms with Crippen LogP contribution in [-0.4, -0.2) is 41.2 Å². The Labute approximate surface area is 158 Å². The third-order valence-corrected chi connectivity index (χ3v) is 5.70. The number of carbonyl (C=O) groups excluding carboxylic acids is 1. The van der Waals surface area contributed by atoms with Gasteiger partial charge in [0.1, 0.15) is 10.3 Å². The molecule has 1 atom stereocenters. The number of thiazole rings is 1. The van der Waals surface area contributed by atoms with Gasteiger partial charge >= 0.3 is 0 Å². The van der Waals surface area contributed by atoms with Crippen molar-refractivity contribution in [1.82, 2.24) is 15.3 Å². The Morgan fingerprint density at radius 1 is 1.31 bits per heavy atom. The highest BCUT2D eigenvalue weighted by atomic mass is 32.1. The molecule has 1 N–H and O–H groups in total. The lowest BCUT2D eigenvalue weighted by Crippen LogP contribution is -2.40. The monoisotopic (exact) mass is 377 g/mol. The fraction of sp³-hybridized carbons (Fsp3) is 0.632. The molecule has 0 unspecified atom stereocenters. The summed E-state index contributed by atoms with van der Waals surface area (Å²) in [6, 6.07) is 3.93. The van der Waals surface area contributed by atoms with Crippen LogP contribution in [0.4, 0.5) is 0 Å². The normalized spacial score (nSPS) is 20.8. The van der Waals surface area contributed by atoms with Crippen LogP contribution in [0.15, 0.2) is 12.1 Å². The van der Waals surface area contributed by atoms with Crippen LogP contribution >= 0.6 is 11.3 Å². The maximum Gasteiger partial charge on any atom is 0.217 e. The minimum absolute atomic E-state index is 0.0214. The quantitative estimate of drug-likeness (QED) is 0.762. The van der Waals surface area contributed by atoms with Gasteiger partial charge in [-0.05, 0) is 31.7 Å². The highest BCUT2D eigenvalue weighted by molar-refractivity contribution is 7.18. The summed E-state index contributed by atoms with van der Waals surface area (Å²) < 4.78 is 11.7. The number of nitrogens with zero attached hydrogens (tertiary/aromatic N) is 2. The second-order valence-electron chi connectivity index (χ2n) is 7.39. The number of aromatic nitrogens is 2. The van der Waals surface area contributed by atoms with Crippen molar-refractivity contribution in [3.05, 3.63) is 17.1 Å². The molecule has 0 radical (unpaired) electrons. The molecule has 1 fully saturated rings. The Kier molecular flexibility index (Phi) is 6.09. The molecular formula is C19H27N3O3S. The maximum atomic E-state index is 11.0. The van der Waals surface area contributed by atoms with Gasteiger partial charge in [-0.25, -0.2) is 9.97 Å². The van der Waals surface area contributed by atoms with E-state index in [0.717, 1.165) is 28.2 Å². The van der Waals surface area contributed by atoms with Crippen LogP contribution in [0.2, 0.25) is 0 Å². The molecule has 7 heteroatoms. The smallest absolute Gasteiger partial charge is 0.217 e. The lowest BCUT2D eigenvalue weighted by atomic mass is 9.83. The molecule has 1 amide bonds. The molecule has 1 saturated carbocycles. The van der Waals surface area contributed by atoms with Crippen LogP contribution in [-0.2, 0) is 9.53 Å². The van der Waals surface area contributed by atoms with Gasteiger partial charge in [0.2, 0.25) is 11.8 Å². The number of fused-ring (bicyclic) bond motifs is 1. The Hall–Kier alpha value is -1.73. The molecule has 142 valence electrons. The zero-order chi connectivity index (χ0) is 18.7. The SMILES string of the molecule is CC(=O)N[C@@H](C)COC1CC(COc2ccc3nc(C(C)C)sc3n2)C1. The Morgan fingerprint density at radius 2 is 2.08 bits per heavy atom. The Bertz CT molecular complexity index is 756. The third kappa shape index (κ3) is 4.92. The van der Waals surface area contributed by atoms with E-state index in [2.05, 4.69) is 29.1 Å². The zero-order valence-electron chi connectivity index (χ0n) is 15.8. The molecule has 3 rings (SSSR count). The van der Waals surface area contributed by atoms with Gasteiger partial charge in [0.15, 0.2) is 0 Å². The lowest BCUT2D eigenvalue weighted by molar-refractivity contribution is -0.120. The fourth-order valence-corrected chi connectivity index (χ4v) is 3.89. The number of amides is 1. The first-order valence-electron chi connectivity index (χ1n) is 9.19. The number of hydrogen-bond acceptors (Lipinski definition) is 6. The minimum atomic E-state index is -0.0214. The van der Waals surface area contributed by atoms with Gasteiger partial charge in [0.05, 0.1) is 24.3 Å². The van der Waals surface area contributed by atoms with Crippen molar-refractivity contribution in [3.63, 3.8) is 0 Å². The minimum Gasteiger partial charge on any atom is -0.477 e. The van der Waals surface area contributed by atoms with Crippen LogP contribution in [0.25, 0.3) is 10.3 Å². The summed E-state index contributed by atoms with van der Waals surface area (Å²) in [7, 11) is 0. The van der Waals surface area contributed by atoms with Crippen molar-refractivity contribution in [1.29, 1.82) is 0 Å². The van der Waals surface area contributed by atoms with Crippen molar-refractivity contribution in [2.45, 2.75) is 58.6 Å². The molecule has 0 spiro atoms. The summed E-state index contributed by atoms with van der Waals surface area (Å²) in [5, 5.41) is 3.93. The van der Waals surface area contributed by atoms with E-state index < -0.39 is 0 Å². The number of pyridine rings is 1. The first-order valence-corrected chi connectivity index (χ1v) is 10.0. The van der Waals surface area contributed by atoms with E-state index in [1.807, 2.05) is 19.1 Å². The molecule has 6 nitrogen and oxygen atoms in total. The van der Waals surface area contributed by atoms with E-state index in [0.29, 0.717) is 30.9 Å². The molecule has 26 heavy (non-hydrogen) atoms. The van der Waals surface area contributed by atoms with E-state index >= 15 is 0 Å². The van der Waals surface area contributed by atoms with Crippen LogP contribution < -0.4 is 10.1 Å². The Morgan fingerprint density at radius 3 is 2.77 bits per heavy atom. The third-order valence-electron chi connectivity index (χ3n) is 4.43. The second kappa shape index (κ2) is 8.31. The highest BCUT2D eigenvalue weighted by Crippen LogP contribution is 2.31. The molecule has 2 aromatic rings. The first kappa shape index (κ1) is 19.0. The Balaban J connectivity index is 1.40. The molecule has 0 saturated heterocycles. The van der Waals surface area contributed by atoms with Gasteiger partial charge in [-0.3, -0.25) is 4.79 Å². The van der Waals surface area contributed by atoms with E-state index in [4.69, 9.17) is 9.47 Å². The van der Waals surface area contributed by atoms with Gasteiger partial charge in [0, 0.05) is 24.9 Å². The van der Waals surface area contributed by atoms with Crippen LogP contribution in [0.5, 0.6) is 5.88 Å². The molecule has 0 bridgehead atoms. The van der Waals surface area contributed by atoms with Crippen molar-refractivity contribution in [2.75, 3.05) is 13.2 Å². The maximum absolute atomic E-state index is 11.0. The summed E-state index contributed by atoms with van der Waals surface area (Å²) in [5.41, 5.74) is 0.941. The highest BCUT2D eigenvalue weighted by Gasteiger charge is 2.30. The van der Waals surface area contributed by atoms with Gasteiger partial charge in [-0.15, -0.1) is 0 Å². The van der Waals surface area contributed by atoms with Gasteiger partial charge in [0.25, 0.3) is 0 Å². The lowest BCUT2D eigenvalue weighted by Gasteiger charge is -2.35. The number of ether oxygens (including phenoxy) is 2. The molecule has 0 aromatic carbocycles. The van der Waals surface area contributed by atoms with Crippen molar-refractivity contribution < 1.29 is 14.3 Å². The summed E-state index contributed by atoms with van der Waals surface area (Å²) in [4.78, 5) is 21.1. The molecule has 0 aliphatic heterocycles. The van der Waals surface area contributed by atoms with Crippen molar-refractivity contribution in [3.8, 4) is 5.88 Å². The second-order valence-corrected chi connectivity index (χ2v) is 8.40. The summed E-state index contributed by atoms with van der Waals surface area (Å²) in [6.07, 6.45) is 2.26. The van der Waals surface area contributed by atoms with Gasteiger partial charge < -0.3 is 14.8 Å². The molecule has 2 heterocycles. The largest absolute Gasteiger partial charge is 0.477 e. The number of carbonyl (C=O) groups is 1. The van der Waals surface area contributed by atoms with E-state index in [1.54, 1.807) is 11.3 Å². The van der Waals surface area contributed by atoms with E-state index in [-0.39, 0.29) is 18.1 Å². The predicted octanol–water partition coefficient (Wildman–Crippen LogP) is 3.51. The summed E-state index contributed by atoms with van der Waals surface area (Å²) in [6.45, 7) is 8.97. The number of hydrogen-bond donors (Lipinski definition) is 1. The molecule has 1 aliphatic rings. The first-order chi connectivity index (χ1) is 12.4. The van der Waals surface area contributed by atoms with E-state index in [9.17, 15) is 4.79 Å². The number of nitrogens with one attached hydrogen (secondary N) is 1. The van der Waals surface area contributed by atoms with Gasteiger partial charge in [-0.2, -0.15) is 0 Å². The molecule has 2 aromatic heterocycles. The molecular weight excluding hydrogens is 350 g/mol. The van der Waals surface area contributed by atoms with Gasteiger partial charge in [-0.1, -0.05) is 25.2 Å². The topological polar surface area (TPSA) is 73.3 Å².